The highest BCUT2D eigenvalue weighted by Gasteiger charge is 2.06. The number of halogens is 1. The second-order valence-electron chi connectivity index (χ2n) is 5.69. The SMILES string of the molecule is Cc1cccc(C)c1NC(=O)CCNCCc1ccc(F)cc1. The summed E-state index contributed by atoms with van der Waals surface area (Å²) in [5.41, 5.74) is 4.13. The number of amides is 1. The van der Waals surface area contributed by atoms with Gasteiger partial charge in [0, 0.05) is 18.7 Å². The van der Waals surface area contributed by atoms with E-state index in [1.807, 2.05) is 32.0 Å². The molecule has 0 fully saturated rings. The molecule has 122 valence electrons. The average Bonchev–Trinajstić information content (AvgIpc) is 2.52. The van der Waals surface area contributed by atoms with Gasteiger partial charge in [0.25, 0.3) is 0 Å². The average molecular weight is 314 g/mol. The summed E-state index contributed by atoms with van der Waals surface area (Å²) in [5, 5.41) is 6.21. The molecule has 0 radical (unpaired) electrons. The highest BCUT2D eigenvalue weighted by atomic mass is 19.1. The smallest absolute Gasteiger partial charge is 0.225 e. The Morgan fingerprint density at radius 2 is 1.65 bits per heavy atom. The Bertz CT molecular complexity index is 633. The van der Waals surface area contributed by atoms with Crippen molar-refractivity contribution in [3.8, 4) is 0 Å². The normalized spacial score (nSPS) is 10.6. The van der Waals surface area contributed by atoms with Crippen molar-refractivity contribution >= 4 is 11.6 Å². The zero-order valence-electron chi connectivity index (χ0n) is 13.7. The van der Waals surface area contributed by atoms with Crippen molar-refractivity contribution in [3.63, 3.8) is 0 Å². The lowest BCUT2D eigenvalue weighted by molar-refractivity contribution is -0.116. The highest BCUT2D eigenvalue weighted by Crippen LogP contribution is 2.19. The van der Waals surface area contributed by atoms with Gasteiger partial charge in [-0.05, 0) is 55.6 Å². The lowest BCUT2D eigenvalue weighted by atomic mass is 10.1. The van der Waals surface area contributed by atoms with E-state index in [0.29, 0.717) is 13.0 Å². The molecule has 2 aromatic rings. The predicted molar refractivity (Wildman–Crippen MR) is 92.1 cm³/mol. The number of carbonyl (C=O) groups excluding carboxylic acids is 1. The van der Waals surface area contributed by atoms with Gasteiger partial charge >= 0.3 is 0 Å². The van der Waals surface area contributed by atoms with Crippen LogP contribution in [0, 0.1) is 19.7 Å². The topological polar surface area (TPSA) is 41.1 Å². The van der Waals surface area contributed by atoms with Crippen LogP contribution in [-0.4, -0.2) is 19.0 Å². The maximum atomic E-state index is 12.8. The summed E-state index contributed by atoms with van der Waals surface area (Å²) >= 11 is 0. The van der Waals surface area contributed by atoms with Crippen molar-refractivity contribution in [1.82, 2.24) is 5.32 Å². The summed E-state index contributed by atoms with van der Waals surface area (Å²) in [5.74, 6) is -0.207. The Hall–Kier alpha value is -2.20. The molecule has 4 heteroatoms. The first-order valence-electron chi connectivity index (χ1n) is 7.87. The maximum Gasteiger partial charge on any atom is 0.225 e. The van der Waals surface area contributed by atoms with E-state index in [2.05, 4.69) is 10.6 Å². The van der Waals surface area contributed by atoms with Crippen LogP contribution in [0.1, 0.15) is 23.1 Å². The summed E-state index contributed by atoms with van der Waals surface area (Å²) in [6.45, 7) is 5.37. The Kier molecular flexibility index (Phi) is 6.29. The van der Waals surface area contributed by atoms with Gasteiger partial charge in [-0.2, -0.15) is 0 Å². The van der Waals surface area contributed by atoms with Crippen LogP contribution in [0.15, 0.2) is 42.5 Å². The van der Waals surface area contributed by atoms with Crippen LogP contribution in [0.25, 0.3) is 0 Å². The lowest BCUT2D eigenvalue weighted by Crippen LogP contribution is -2.24. The molecule has 0 saturated heterocycles. The third kappa shape index (κ3) is 5.49. The molecule has 2 N–H and O–H groups in total. The van der Waals surface area contributed by atoms with Crippen molar-refractivity contribution < 1.29 is 9.18 Å². The molecular formula is C19H23FN2O. The largest absolute Gasteiger partial charge is 0.326 e. The Balaban J connectivity index is 1.68. The molecule has 0 unspecified atom stereocenters. The first-order chi connectivity index (χ1) is 11.1. The van der Waals surface area contributed by atoms with Gasteiger partial charge in [0.1, 0.15) is 5.82 Å². The number of anilines is 1. The summed E-state index contributed by atoms with van der Waals surface area (Å²) in [4.78, 5) is 12.0. The second-order valence-corrected chi connectivity index (χ2v) is 5.69. The standard InChI is InChI=1S/C19H23FN2O/c1-14-4-3-5-15(2)19(14)22-18(23)11-13-21-12-10-16-6-8-17(20)9-7-16/h3-9,21H,10-13H2,1-2H3,(H,22,23). The number of nitrogens with one attached hydrogen (secondary N) is 2. The lowest BCUT2D eigenvalue weighted by Gasteiger charge is -2.11. The quantitative estimate of drug-likeness (QED) is 0.767. The number of aryl methyl sites for hydroxylation is 2. The van der Waals surface area contributed by atoms with Crippen molar-refractivity contribution in [2.24, 2.45) is 0 Å². The van der Waals surface area contributed by atoms with Crippen LogP contribution in [0.5, 0.6) is 0 Å². The van der Waals surface area contributed by atoms with Crippen LogP contribution >= 0.6 is 0 Å². The number of carbonyl (C=O) groups is 1. The molecule has 0 spiro atoms. The first kappa shape index (κ1) is 17.2. The minimum Gasteiger partial charge on any atom is -0.326 e. The monoisotopic (exact) mass is 314 g/mol. The van der Waals surface area contributed by atoms with Crippen LogP contribution in [0.2, 0.25) is 0 Å². The highest BCUT2D eigenvalue weighted by molar-refractivity contribution is 5.92. The molecule has 0 bridgehead atoms. The molecule has 1 amide bonds. The Labute approximate surface area is 136 Å². The van der Waals surface area contributed by atoms with Gasteiger partial charge in [-0.3, -0.25) is 4.79 Å². The van der Waals surface area contributed by atoms with E-state index in [1.165, 1.54) is 12.1 Å². The molecule has 0 atom stereocenters. The van der Waals surface area contributed by atoms with Crippen LogP contribution < -0.4 is 10.6 Å². The van der Waals surface area contributed by atoms with Gasteiger partial charge in [0.15, 0.2) is 0 Å². The summed E-state index contributed by atoms with van der Waals surface area (Å²) in [7, 11) is 0. The van der Waals surface area contributed by atoms with E-state index in [-0.39, 0.29) is 11.7 Å². The minimum atomic E-state index is -0.218. The number of hydrogen-bond donors (Lipinski definition) is 2. The zero-order valence-corrected chi connectivity index (χ0v) is 13.7. The van der Waals surface area contributed by atoms with Crippen LogP contribution in [0.4, 0.5) is 10.1 Å². The number of rotatable bonds is 7. The van der Waals surface area contributed by atoms with Gasteiger partial charge in [0.05, 0.1) is 0 Å². The van der Waals surface area contributed by atoms with Crippen molar-refractivity contribution in [2.75, 3.05) is 18.4 Å². The molecule has 0 aliphatic heterocycles. The molecule has 0 heterocycles. The van der Waals surface area contributed by atoms with Gasteiger partial charge < -0.3 is 10.6 Å². The molecule has 0 aliphatic carbocycles. The van der Waals surface area contributed by atoms with Crippen molar-refractivity contribution in [2.45, 2.75) is 26.7 Å². The number of hydrogen-bond acceptors (Lipinski definition) is 2. The van der Waals surface area contributed by atoms with Gasteiger partial charge in [0.2, 0.25) is 5.91 Å². The maximum absolute atomic E-state index is 12.8. The molecule has 0 aromatic heterocycles. The van der Waals surface area contributed by atoms with Crippen molar-refractivity contribution in [3.05, 3.63) is 65.0 Å². The Morgan fingerprint density at radius 1 is 1.00 bits per heavy atom. The summed E-state index contributed by atoms with van der Waals surface area (Å²) < 4.78 is 12.8. The molecule has 2 aromatic carbocycles. The van der Waals surface area contributed by atoms with E-state index < -0.39 is 0 Å². The summed E-state index contributed by atoms with van der Waals surface area (Å²) in [6.07, 6.45) is 1.25. The van der Waals surface area contributed by atoms with Gasteiger partial charge in [-0.1, -0.05) is 30.3 Å². The molecular weight excluding hydrogens is 291 g/mol. The van der Waals surface area contributed by atoms with Crippen LogP contribution in [-0.2, 0) is 11.2 Å². The predicted octanol–water partition coefficient (Wildman–Crippen LogP) is 3.60. The fourth-order valence-corrected chi connectivity index (χ4v) is 2.42. The third-order valence-electron chi connectivity index (χ3n) is 3.78. The van der Waals surface area contributed by atoms with Gasteiger partial charge in [-0.15, -0.1) is 0 Å². The Morgan fingerprint density at radius 3 is 2.30 bits per heavy atom. The molecule has 3 nitrogen and oxygen atoms in total. The number of benzene rings is 2. The van der Waals surface area contributed by atoms with E-state index in [4.69, 9.17) is 0 Å². The van der Waals surface area contributed by atoms with E-state index in [1.54, 1.807) is 12.1 Å². The zero-order chi connectivity index (χ0) is 16.7. The number of para-hydroxylation sites is 1. The summed E-state index contributed by atoms with van der Waals surface area (Å²) in [6, 6.07) is 12.5. The van der Waals surface area contributed by atoms with Crippen LogP contribution in [0.3, 0.4) is 0 Å². The van der Waals surface area contributed by atoms with Gasteiger partial charge in [-0.25, -0.2) is 4.39 Å². The van der Waals surface area contributed by atoms with E-state index in [0.717, 1.165) is 35.3 Å². The minimum absolute atomic E-state index is 0.0108. The third-order valence-corrected chi connectivity index (χ3v) is 3.78. The fourth-order valence-electron chi connectivity index (χ4n) is 2.42. The molecule has 0 saturated carbocycles. The second kappa shape index (κ2) is 8.44. The molecule has 2 rings (SSSR count). The first-order valence-corrected chi connectivity index (χ1v) is 7.87. The molecule has 23 heavy (non-hydrogen) atoms. The van der Waals surface area contributed by atoms with E-state index in [9.17, 15) is 9.18 Å². The van der Waals surface area contributed by atoms with E-state index >= 15 is 0 Å². The fraction of sp³-hybridized carbons (Fsp3) is 0.316. The van der Waals surface area contributed by atoms with Crippen molar-refractivity contribution in [1.29, 1.82) is 0 Å². The molecule has 0 aliphatic rings.